The fraction of sp³-hybridized carbons (Fsp3) is 0.556. The predicted octanol–water partition coefficient (Wildman–Crippen LogP) is 4.58. The first kappa shape index (κ1) is 40.7. The molecule has 5 fully saturated rings. The van der Waals surface area contributed by atoms with E-state index in [-0.39, 0.29) is 35.6 Å². The molecule has 2 N–H and O–H groups in total. The Morgan fingerprint density at radius 1 is 0.803 bits per heavy atom. The Morgan fingerprint density at radius 3 is 2.26 bits per heavy atom. The number of nitrogens with zero attached hydrogens (tertiary/aromatic N) is 10. The number of piperidine rings is 3. The molecule has 322 valence electrons. The van der Waals surface area contributed by atoms with Crippen LogP contribution in [0.1, 0.15) is 92.2 Å². The summed E-state index contributed by atoms with van der Waals surface area (Å²) in [6.45, 7) is 7.84. The second-order valence-electron chi connectivity index (χ2n) is 17.8. The monoisotopic (exact) mass is 830 g/mol. The Kier molecular flexibility index (Phi) is 11.9. The Morgan fingerprint density at radius 2 is 1.56 bits per heavy atom. The van der Waals surface area contributed by atoms with Crippen molar-refractivity contribution in [1.29, 1.82) is 0 Å². The van der Waals surface area contributed by atoms with Gasteiger partial charge in [0.2, 0.25) is 23.7 Å². The number of carbonyl (C=O) groups excluding carboxylic acids is 4. The highest BCUT2D eigenvalue weighted by atomic mass is 16.2. The average molecular weight is 831 g/mol. The van der Waals surface area contributed by atoms with E-state index in [9.17, 15) is 19.2 Å². The highest BCUT2D eigenvalue weighted by Crippen LogP contribution is 2.35. The summed E-state index contributed by atoms with van der Waals surface area (Å²) in [5.41, 5.74) is 4.37. The number of likely N-dealkylation sites (tertiary alicyclic amines) is 1. The van der Waals surface area contributed by atoms with Gasteiger partial charge in [-0.1, -0.05) is 12.8 Å². The lowest BCUT2D eigenvalue weighted by atomic mass is 9.90. The Bertz CT molecular complexity index is 2230. The van der Waals surface area contributed by atoms with Crippen LogP contribution in [0.3, 0.4) is 0 Å². The zero-order valence-electron chi connectivity index (χ0n) is 35.5. The van der Waals surface area contributed by atoms with Gasteiger partial charge in [-0.25, -0.2) is 9.97 Å². The molecule has 16 heteroatoms. The summed E-state index contributed by atoms with van der Waals surface area (Å²) in [6, 6.07) is 8.23. The van der Waals surface area contributed by atoms with Crippen molar-refractivity contribution in [3.8, 4) is 0 Å². The van der Waals surface area contributed by atoms with Gasteiger partial charge in [-0.05, 0) is 93.8 Å². The van der Waals surface area contributed by atoms with E-state index in [2.05, 4.69) is 56.9 Å². The van der Waals surface area contributed by atoms with E-state index in [1.54, 1.807) is 31.4 Å². The zero-order valence-corrected chi connectivity index (χ0v) is 35.5. The van der Waals surface area contributed by atoms with E-state index in [0.29, 0.717) is 55.2 Å². The molecule has 4 aromatic heterocycles. The van der Waals surface area contributed by atoms with Crippen molar-refractivity contribution in [3.05, 3.63) is 60.3 Å². The minimum Gasteiger partial charge on any atom is -0.370 e. The number of rotatable bonds is 10. The van der Waals surface area contributed by atoms with Crippen molar-refractivity contribution in [2.24, 2.45) is 11.8 Å². The van der Waals surface area contributed by atoms with Crippen molar-refractivity contribution in [1.82, 2.24) is 44.5 Å². The second-order valence-corrected chi connectivity index (χ2v) is 17.8. The number of pyridine rings is 2. The number of fused-ring (bicyclic) bond motifs is 1. The Hall–Kier alpha value is -5.64. The summed E-state index contributed by atoms with van der Waals surface area (Å²) in [7, 11) is 3.56. The molecule has 0 spiro atoms. The maximum absolute atomic E-state index is 13.7. The number of hydrogen-bond donors (Lipinski definition) is 2. The van der Waals surface area contributed by atoms with Gasteiger partial charge in [0.25, 0.3) is 5.91 Å². The minimum absolute atomic E-state index is 0.0308. The predicted molar refractivity (Wildman–Crippen MR) is 233 cm³/mol. The first-order valence-electron chi connectivity index (χ1n) is 22.3. The van der Waals surface area contributed by atoms with Crippen molar-refractivity contribution in [2.45, 2.75) is 76.2 Å². The molecule has 1 unspecified atom stereocenters. The third-order valence-electron chi connectivity index (χ3n) is 13.7. The second kappa shape index (κ2) is 17.8. The lowest BCUT2D eigenvalue weighted by molar-refractivity contribution is -0.137. The standard InChI is InChI=1S/C45H58N12O4/c1-52(2)44(61)38-24-33-26-48-45(51-41(33)57(38)34-5-3-4-6-34)49-39-9-7-35(28-47-39)55-19-21-56(22-20-55)43(60)31-13-15-53(16-14-31)29-30-11-17-54(18-12-30)36-23-32(25-46-27-36)37-8-10-40(58)50-42(37)59/h7,9,23-28,30-31,34,37H,3-6,8,10-22,29H2,1-2H3,(H,50,58,59)(H,47,48,49,51). The number of anilines is 4. The lowest BCUT2D eigenvalue weighted by Crippen LogP contribution is -2.52. The van der Waals surface area contributed by atoms with Crippen molar-refractivity contribution >= 4 is 57.8 Å². The molecule has 4 amide bonds. The molecule has 0 radical (unpaired) electrons. The van der Waals surface area contributed by atoms with Crippen LogP contribution in [0.4, 0.5) is 23.1 Å². The molecule has 4 saturated heterocycles. The van der Waals surface area contributed by atoms with Gasteiger partial charge in [0, 0.05) is 96.1 Å². The smallest absolute Gasteiger partial charge is 0.270 e. The fourth-order valence-corrected chi connectivity index (χ4v) is 10.1. The summed E-state index contributed by atoms with van der Waals surface area (Å²) in [6.07, 6.45) is 16.6. The average Bonchev–Trinajstić information content (AvgIpc) is 3.95. The molecule has 61 heavy (non-hydrogen) atoms. The molecule has 5 aliphatic rings. The maximum Gasteiger partial charge on any atom is 0.270 e. The Balaban J connectivity index is 0.716. The first-order valence-corrected chi connectivity index (χ1v) is 22.3. The van der Waals surface area contributed by atoms with E-state index in [1.165, 1.54) is 0 Å². The topological polar surface area (TPSA) is 165 Å². The SMILES string of the molecule is CN(C)C(=O)c1cc2cnc(Nc3ccc(N4CCN(C(=O)C5CCN(CC6CCN(c7cncc(C8CCC(=O)NC8=O)c7)CC6)CC5)CC4)cn3)nc2n1C1CCCC1. The molecule has 0 aromatic carbocycles. The molecule has 0 bridgehead atoms. The van der Waals surface area contributed by atoms with Crippen LogP contribution in [0.5, 0.6) is 0 Å². The Labute approximate surface area is 357 Å². The van der Waals surface area contributed by atoms with Crippen LogP contribution < -0.4 is 20.4 Å². The van der Waals surface area contributed by atoms with Crippen LogP contribution in [0, 0.1) is 11.8 Å². The molecule has 4 aliphatic heterocycles. The number of piperazine rings is 1. The minimum atomic E-state index is -0.323. The fourth-order valence-electron chi connectivity index (χ4n) is 10.1. The zero-order chi connectivity index (χ0) is 42.0. The molecule has 8 heterocycles. The van der Waals surface area contributed by atoms with Gasteiger partial charge >= 0.3 is 0 Å². The molecular weight excluding hydrogens is 773 g/mol. The molecule has 4 aromatic rings. The van der Waals surface area contributed by atoms with E-state index < -0.39 is 0 Å². The summed E-state index contributed by atoms with van der Waals surface area (Å²) >= 11 is 0. The van der Waals surface area contributed by atoms with Crippen LogP contribution in [-0.2, 0) is 14.4 Å². The van der Waals surface area contributed by atoms with Crippen LogP contribution >= 0.6 is 0 Å². The first-order chi connectivity index (χ1) is 29.7. The molecular formula is C45H58N12O4. The van der Waals surface area contributed by atoms with Gasteiger partial charge in [-0.2, -0.15) is 4.98 Å². The largest absolute Gasteiger partial charge is 0.370 e. The maximum atomic E-state index is 13.7. The van der Waals surface area contributed by atoms with Gasteiger partial charge in [-0.15, -0.1) is 0 Å². The van der Waals surface area contributed by atoms with E-state index >= 15 is 0 Å². The van der Waals surface area contributed by atoms with Crippen molar-refractivity contribution < 1.29 is 19.2 Å². The highest BCUT2D eigenvalue weighted by Gasteiger charge is 2.33. The number of aromatic nitrogens is 5. The van der Waals surface area contributed by atoms with E-state index in [1.807, 2.05) is 24.5 Å². The highest BCUT2D eigenvalue weighted by molar-refractivity contribution is 6.01. The van der Waals surface area contributed by atoms with Crippen molar-refractivity contribution in [2.75, 3.05) is 88.1 Å². The summed E-state index contributed by atoms with van der Waals surface area (Å²) < 4.78 is 2.11. The van der Waals surface area contributed by atoms with Gasteiger partial charge in [0.1, 0.15) is 17.2 Å². The summed E-state index contributed by atoms with van der Waals surface area (Å²) in [5, 5.41) is 6.59. The molecule has 1 atom stereocenters. The molecule has 1 saturated carbocycles. The van der Waals surface area contributed by atoms with Crippen LogP contribution in [0.2, 0.25) is 0 Å². The van der Waals surface area contributed by atoms with Gasteiger partial charge < -0.3 is 34.4 Å². The summed E-state index contributed by atoms with van der Waals surface area (Å²) in [5.74, 6) is 1.31. The number of carbonyl (C=O) groups is 4. The summed E-state index contributed by atoms with van der Waals surface area (Å²) in [4.78, 5) is 80.3. The third-order valence-corrected chi connectivity index (χ3v) is 13.7. The van der Waals surface area contributed by atoms with Gasteiger partial charge in [0.05, 0.1) is 29.7 Å². The quantitative estimate of drug-likeness (QED) is 0.214. The van der Waals surface area contributed by atoms with Gasteiger partial charge in [-0.3, -0.25) is 29.5 Å². The van der Waals surface area contributed by atoms with E-state index in [0.717, 1.165) is 125 Å². The molecule has 9 rings (SSSR count). The van der Waals surface area contributed by atoms with Crippen LogP contribution in [0.25, 0.3) is 11.0 Å². The molecule has 16 nitrogen and oxygen atoms in total. The number of imide groups is 1. The third kappa shape index (κ3) is 8.91. The normalized spacial score (nSPS) is 21.3. The number of hydrogen-bond acceptors (Lipinski definition) is 12. The van der Waals surface area contributed by atoms with E-state index in [4.69, 9.17) is 9.97 Å². The molecule has 1 aliphatic carbocycles. The number of amides is 4. The van der Waals surface area contributed by atoms with Crippen LogP contribution in [-0.4, -0.2) is 136 Å². The number of nitrogens with one attached hydrogen (secondary N) is 2. The van der Waals surface area contributed by atoms with Crippen LogP contribution in [0.15, 0.2) is 49.1 Å². The van der Waals surface area contributed by atoms with Gasteiger partial charge in [0.15, 0.2) is 0 Å². The van der Waals surface area contributed by atoms with Crippen molar-refractivity contribution in [3.63, 3.8) is 0 Å². The lowest BCUT2D eigenvalue weighted by Gasteiger charge is -2.40.